The maximum Gasteiger partial charge on any atom is 0.337 e. The fourth-order valence-corrected chi connectivity index (χ4v) is 1.08. The number of carbonyl (C=O) groups is 1. The highest BCUT2D eigenvalue weighted by Gasteiger charge is 2.25. The van der Waals surface area contributed by atoms with Gasteiger partial charge in [0, 0.05) is 0 Å². The molecule has 76 valence electrons. The van der Waals surface area contributed by atoms with Crippen molar-refractivity contribution in [2.75, 3.05) is 7.11 Å². The fraction of sp³-hybridized carbons (Fsp3) is 0.300. The van der Waals surface area contributed by atoms with Crippen LogP contribution in [0, 0.1) is 0 Å². The van der Waals surface area contributed by atoms with Crippen molar-refractivity contribution in [2.45, 2.75) is 12.2 Å². The zero-order chi connectivity index (χ0) is 10.6. The smallest absolute Gasteiger partial charge is 0.337 e. The highest BCUT2D eigenvalue weighted by molar-refractivity contribution is 5.75. The number of ether oxygens (including phenoxy) is 1. The molecule has 4 nitrogen and oxygen atoms in total. The number of benzene rings is 1. The van der Waals surface area contributed by atoms with Gasteiger partial charge in [-0.15, -0.1) is 0 Å². The molecule has 0 radical (unpaired) electrons. The summed E-state index contributed by atoms with van der Waals surface area (Å²) in [6, 6.07) is 8.44. The van der Waals surface area contributed by atoms with E-state index in [1.165, 1.54) is 0 Å². The number of methoxy groups -OCH3 is 1. The minimum atomic E-state index is -1.54. The number of carbonyl (C=O) groups excluding carboxylic acids is 1. The van der Waals surface area contributed by atoms with Gasteiger partial charge in [-0.2, -0.15) is 0 Å². The van der Waals surface area contributed by atoms with Crippen LogP contribution < -0.4 is 0 Å². The first-order valence-electron chi connectivity index (χ1n) is 4.15. The Bertz CT molecular complexity index is 296. The number of aliphatic hydroxyl groups excluding tert-OH is 2. The maximum atomic E-state index is 10.9. The SMILES string of the molecule is COC(=O)[C@H](O)[C@@H](O)c1ccccc1. The van der Waals surface area contributed by atoms with Crippen molar-refractivity contribution >= 4 is 5.97 Å². The van der Waals surface area contributed by atoms with E-state index < -0.39 is 18.2 Å². The number of hydrogen-bond donors (Lipinski definition) is 2. The van der Waals surface area contributed by atoms with Gasteiger partial charge in [0.05, 0.1) is 7.11 Å². The van der Waals surface area contributed by atoms with Crippen LogP contribution in [0.1, 0.15) is 11.7 Å². The highest BCUT2D eigenvalue weighted by Crippen LogP contribution is 2.16. The van der Waals surface area contributed by atoms with Crippen LogP contribution in [0.3, 0.4) is 0 Å². The Labute approximate surface area is 81.8 Å². The summed E-state index contributed by atoms with van der Waals surface area (Å²) in [4.78, 5) is 10.9. The van der Waals surface area contributed by atoms with E-state index in [1.54, 1.807) is 30.3 Å². The van der Waals surface area contributed by atoms with Gasteiger partial charge >= 0.3 is 5.97 Å². The molecule has 1 aromatic rings. The highest BCUT2D eigenvalue weighted by atomic mass is 16.5. The number of esters is 1. The summed E-state index contributed by atoms with van der Waals surface area (Å²) < 4.78 is 4.31. The monoisotopic (exact) mass is 196 g/mol. The lowest BCUT2D eigenvalue weighted by Gasteiger charge is -2.15. The molecule has 1 rings (SSSR count). The molecule has 0 aliphatic heterocycles. The van der Waals surface area contributed by atoms with Crippen molar-refractivity contribution in [3.8, 4) is 0 Å². The Morgan fingerprint density at radius 2 is 1.86 bits per heavy atom. The molecular formula is C10H12O4. The van der Waals surface area contributed by atoms with Gasteiger partial charge in [-0.05, 0) is 5.56 Å². The summed E-state index contributed by atoms with van der Waals surface area (Å²) in [5.74, 6) is -0.846. The van der Waals surface area contributed by atoms with Crippen molar-refractivity contribution in [3.05, 3.63) is 35.9 Å². The van der Waals surface area contributed by atoms with Crippen molar-refractivity contribution in [1.29, 1.82) is 0 Å². The van der Waals surface area contributed by atoms with E-state index in [-0.39, 0.29) is 0 Å². The van der Waals surface area contributed by atoms with Crippen LogP contribution in [0.15, 0.2) is 30.3 Å². The average Bonchev–Trinajstić information content (AvgIpc) is 2.27. The van der Waals surface area contributed by atoms with Crippen LogP contribution in [0.25, 0.3) is 0 Å². The second-order valence-corrected chi connectivity index (χ2v) is 2.82. The molecule has 0 amide bonds. The Morgan fingerprint density at radius 1 is 1.29 bits per heavy atom. The summed E-state index contributed by atoms with van der Waals surface area (Å²) in [5, 5.41) is 18.9. The zero-order valence-electron chi connectivity index (χ0n) is 7.75. The summed E-state index contributed by atoms with van der Waals surface area (Å²) in [7, 11) is 1.16. The second-order valence-electron chi connectivity index (χ2n) is 2.82. The van der Waals surface area contributed by atoms with Gasteiger partial charge in [-0.25, -0.2) is 4.79 Å². The number of aliphatic hydroxyl groups is 2. The average molecular weight is 196 g/mol. The van der Waals surface area contributed by atoms with Gasteiger partial charge < -0.3 is 14.9 Å². The molecule has 0 bridgehead atoms. The van der Waals surface area contributed by atoms with E-state index in [0.717, 1.165) is 7.11 Å². The maximum absolute atomic E-state index is 10.9. The van der Waals surface area contributed by atoms with Crippen molar-refractivity contribution < 1.29 is 19.7 Å². The predicted octanol–water partition coefficient (Wildman–Crippen LogP) is 0.254. The van der Waals surface area contributed by atoms with Crippen LogP contribution in [-0.4, -0.2) is 29.4 Å². The minimum Gasteiger partial charge on any atom is -0.467 e. The lowest BCUT2D eigenvalue weighted by atomic mass is 10.1. The molecule has 0 aliphatic carbocycles. The van der Waals surface area contributed by atoms with Gasteiger partial charge in [0.15, 0.2) is 6.10 Å². The van der Waals surface area contributed by atoms with E-state index in [2.05, 4.69) is 4.74 Å². The normalized spacial score (nSPS) is 14.5. The molecule has 2 atom stereocenters. The van der Waals surface area contributed by atoms with Crippen LogP contribution in [0.2, 0.25) is 0 Å². The Balaban J connectivity index is 2.75. The summed E-state index contributed by atoms with van der Waals surface area (Å²) in [5.41, 5.74) is 0.477. The molecule has 0 aromatic heterocycles. The quantitative estimate of drug-likeness (QED) is 0.680. The van der Waals surface area contributed by atoms with E-state index in [4.69, 9.17) is 0 Å². The Hall–Kier alpha value is -1.39. The molecule has 0 heterocycles. The van der Waals surface area contributed by atoms with Gasteiger partial charge in [-0.1, -0.05) is 30.3 Å². The lowest BCUT2D eigenvalue weighted by Crippen LogP contribution is -2.28. The molecule has 14 heavy (non-hydrogen) atoms. The van der Waals surface area contributed by atoms with Gasteiger partial charge in [0.2, 0.25) is 0 Å². The molecule has 0 aliphatic rings. The zero-order valence-corrected chi connectivity index (χ0v) is 7.75. The molecule has 0 unspecified atom stereocenters. The van der Waals surface area contributed by atoms with E-state index in [1.807, 2.05) is 0 Å². The van der Waals surface area contributed by atoms with Gasteiger partial charge in [-0.3, -0.25) is 0 Å². The molecule has 0 fully saturated rings. The first-order chi connectivity index (χ1) is 6.66. The predicted molar refractivity (Wildman–Crippen MR) is 49.4 cm³/mol. The van der Waals surface area contributed by atoms with Crippen LogP contribution in [0.5, 0.6) is 0 Å². The summed E-state index contributed by atoms with van der Waals surface area (Å²) in [6.07, 6.45) is -2.79. The van der Waals surface area contributed by atoms with Crippen LogP contribution in [-0.2, 0) is 9.53 Å². The largest absolute Gasteiger partial charge is 0.467 e. The van der Waals surface area contributed by atoms with E-state index >= 15 is 0 Å². The Kier molecular flexibility index (Phi) is 3.62. The van der Waals surface area contributed by atoms with E-state index in [0.29, 0.717) is 5.56 Å². The first-order valence-corrected chi connectivity index (χ1v) is 4.15. The molecule has 0 saturated carbocycles. The molecule has 0 spiro atoms. The van der Waals surface area contributed by atoms with Gasteiger partial charge in [0.1, 0.15) is 6.10 Å². The summed E-state index contributed by atoms with van der Waals surface area (Å²) >= 11 is 0. The van der Waals surface area contributed by atoms with Crippen LogP contribution >= 0.6 is 0 Å². The van der Waals surface area contributed by atoms with Gasteiger partial charge in [0.25, 0.3) is 0 Å². The molecule has 1 aromatic carbocycles. The fourth-order valence-electron chi connectivity index (χ4n) is 1.08. The molecule has 4 heteroatoms. The number of hydrogen-bond acceptors (Lipinski definition) is 4. The minimum absolute atomic E-state index is 0.477. The molecular weight excluding hydrogens is 184 g/mol. The second kappa shape index (κ2) is 4.74. The first kappa shape index (κ1) is 10.7. The summed E-state index contributed by atoms with van der Waals surface area (Å²) in [6.45, 7) is 0. The van der Waals surface area contributed by atoms with E-state index in [9.17, 15) is 15.0 Å². The lowest BCUT2D eigenvalue weighted by molar-refractivity contribution is -0.156. The molecule has 0 saturated heterocycles. The van der Waals surface area contributed by atoms with Crippen molar-refractivity contribution in [1.82, 2.24) is 0 Å². The van der Waals surface area contributed by atoms with Crippen LogP contribution in [0.4, 0.5) is 0 Å². The van der Waals surface area contributed by atoms with Crippen molar-refractivity contribution in [3.63, 3.8) is 0 Å². The van der Waals surface area contributed by atoms with Crippen molar-refractivity contribution in [2.24, 2.45) is 0 Å². The standard InChI is InChI=1S/C10H12O4/c1-14-10(13)9(12)8(11)7-5-3-2-4-6-7/h2-6,8-9,11-12H,1H3/t8-,9+/m0/s1. The third-order valence-electron chi connectivity index (χ3n) is 1.88. The third-order valence-corrected chi connectivity index (χ3v) is 1.88. The Morgan fingerprint density at radius 3 is 2.36 bits per heavy atom. The third kappa shape index (κ3) is 2.31. The molecule has 2 N–H and O–H groups in total. The topological polar surface area (TPSA) is 66.8 Å². The number of rotatable bonds is 3.